The molecule has 0 aromatic carbocycles. The molecule has 4 rings (SSSR count). The average Bonchev–Trinajstić information content (AvgIpc) is 3.36. The number of nitrogens with one attached hydrogen (secondary N) is 1. The third kappa shape index (κ3) is 3.02. The van der Waals surface area contributed by atoms with E-state index in [9.17, 15) is 12.8 Å². The lowest BCUT2D eigenvalue weighted by molar-refractivity contribution is -0.0329. The lowest BCUT2D eigenvalue weighted by atomic mass is 9.90. The Kier molecular flexibility index (Phi) is 4.01. The fourth-order valence-electron chi connectivity index (χ4n) is 3.76. The Labute approximate surface area is 141 Å². The van der Waals surface area contributed by atoms with Crippen molar-refractivity contribution in [3.63, 3.8) is 0 Å². The summed E-state index contributed by atoms with van der Waals surface area (Å²) in [6.45, 7) is 1.43. The molecule has 0 bridgehead atoms. The first-order valence-electron chi connectivity index (χ1n) is 8.49. The Morgan fingerprint density at radius 1 is 1.42 bits per heavy atom. The van der Waals surface area contributed by atoms with Gasteiger partial charge in [0.05, 0.1) is 23.5 Å². The van der Waals surface area contributed by atoms with E-state index in [1.54, 1.807) is 16.6 Å². The highest BCUT2D eigenvalue weighted by atomic mass is 32.2. The van der Waals surface area contributed by atoms with Crippen LogP contribution in [0.4, 0.5) is 10.2 Å². The highest BCUT2D eigenvalue weighted by Gasteiger charge is 2.49. The molecule has 1 aliphatic carbocycles. The maximum Gasteiger partial charge on any atom is 0.217 e. The van der Waals surface area contributed by atoms with Crippen LogP contribution in [0.3, 0.4) is 0 Å². The first kappa shape index (κ1) is 16.2. The zero-order valence-electron chi connectivity index (χ0n) is 13.4. The molecule has 0 amide bonds. The van der Waals surface area contributed by atoms with Gasteiger partial charge in [-0.05, 0) is 37.8 Å². The number of nitrogens with zero attached hydrogens (tertiary/aromatic N) is 2. The van der Waals surface area contributed by atoms with Crippen LogP contribution in [-0.4, -0.2) is 54.3 Å². The molecule has 0 radical (unpaired) electrons. The quantitative estimate of drug-likeness (QED) is 0.891. The van der Waals surface area contributed by atoms with E-state index in [4.69, 9.17) is 4.74 Å². The summed E-state index contributed by atoms with van der Waals surface area (Å²) in [7, 11) is -3.17. The van der Waals surface area contributed by atoms with Gasteiger partial charge in [0.15, 0.2) is 11.6 Å². The predicted octanol–water partition coefficient (Wildman–Crippen LogP) is 1.75. The Balaban J connectivity index is 1.44. The zero-order chi connectivity index (χ0) is 16.8. The Morgan fingerprint density at radius 3 is 3.00 bits per heavy atom. The van der Waals surface area contributed by atoms with Gasteiger partial charge in [-0.2, -0.15) is 4.31 Å². The number of ether oxygens (including phenoxy) is 1. The molecule has 1 spiro atoms. The standard InChI is InChI=1S/C16H22FN3O3S/c17-14-3-1-7-18-15(14)19-12-9-16(23-10-12)6-2-8-20(11-16)24(21,22)13-4-5-13/h1,3,7,12-13H,2,4-6,8-11H2,(H,18,19). The van der Waals surface area contributed by atoms with E-state index in [0.717, 1.165) is 25.7 Å². The van der Waals surface area contributed by atoms with Crippen molar-refractivity contribution in [2.75, 3.05) is 25.0 Å². The minimum absolute atomic E-state index is 0.0574. The molecular weight excluding hydrogens is 333 g/mol. The summed E-state index contributed by atoms with van der Waals surface area (Å²) in [4.78, 5) is 4.01. The largest absolute Gasteiger partial charge is 0.371 e. The summed E-state index contributed by atoms with van der Waals surface area (Å²) in [6.07, 6.45) is 5.40. The molecule has 3 heterocycles. The summed E-state index contributed by atoms with van der Waals surface area (Å²) in [5.74, 6) is -0.165. The van der Waals surface area contributed by atoms with Crippen LogP contribution < -0.4 is 5.32 Å². The first-order valence-corrected chi connectivity index (χ1v) is 9.99. The molecule has 2 unspecified atom stereocenters. The number of piperidine rings is 1. The molecule has 2 aliphatic heterocycles. The van der Waals surface area contributed by atoms with Crippen LogP contribution in [0.5, 0.6) is 0 Å². The van der Waals surface area contributed by atoms with Crippen molar-refractivity contribution in [1.29, 1.82) is 0 Å². The molecule has 1 aromatic heterocycles. The number of anilines is 1. The third-order valence-corrected chi connectivity index (χ3v) is 7.46. The molecule has 3 fully saturated rings. The van der Waals surface area contributed by atoms with Gasteiger partial charge >= 0.3 is 0 Å². The minimum atomic E-state index is -3.17. The third-order valence-electron chi connectivity index (χ3n) is 5.12. The van der Waals surface area contributed by atoms with Gasteiger partial charge in [0, 0.05) is 25.7 Å². The molecule has 132 valence electrons. The second-order valence-electron chi connectivity index (χ2n) is 7.05. The van der Waals surface area contributed by atoms with Gasteiger partial charge in [-0.25, -0.2) is 17.8 Å². The van der Waals surface area contributed by atoms with E-state index in [2.05, 4.69) is 10.3 Å². The molecule has 3 aliphatic rings. The number of rotatable bonds is 4. The van der Waals surface area contributed by atoms with Crippen LogP contribution in [0.1, 0.15) is 32.1 Å². The van der Waals surface area contributed by atoms with Crippen molar-refractivity contribution in [2.45, 2.75) is 49.0 Å². The number of hydrogen-bond donors (Lipinski definition) is 1. The van der Waals surface area contributed by atoms with Gasteiger partial charge in [-0.15, -0.1) is 0 Å². The van der Waals surface area contributed by atoms with Crippen molar-refractivity contribution in [2.24, 2.45) is 0 Å². The Morgan fingerprint density at radius 2 is 2.25 bits per heavy atom. The Bertz CT molecular complexity index is 725. The molecule has 8 heteroatoms. The molecule has 24 heavy (non-hydrogen) atoms. The van der Waals surface area contributed by atoms with Gasteiger partial charge in [0.2, 0.25) is 10.0 Å². The van der Waals surface area contributed by atoms with Crippen molar-refractivity contribution in [3.8, 4) is 0 Å². The number of hydrogen-bond acceptors (Lipinski definition) is 5. The van der Waals surface area contributed by atoms with E-state index in [1.165, 1.54) is 6.07 Å². The average molecular weight is 355 g/mol. The lowest BCUT2D eigenvalue weighted by Gasteiger charge is -2.39. The van der Waals surface area contributed by atoms with Crippen molar-refractivity contribution in [1.82, 2.24) is 9.29 Å². The summed E-state index contributed by atoms with van der Waals surface area (Å²) in [5.41, 5.74) is -0.455. The topological polar surface area (TPSA) is 71.5 Å². The number of halogens is 1. The van der Waals surface area contributed by atoms with Gasteiger partial charge in [-0.1, -0.05) is 0 Å². The number of aromatic nitrogens is 1. The normalized spacial score (nSPS) is 31.5. The summed E-state index contributed by atoms with van der Waals surface area (Å²) < 4.78 is 46.4. The monoisotopic (exact) mass is 355 g/mol. The van der Waals surface area contributed by atoms with Gasteiger partial charge < -0.3 is 10.1 Å². The van der Waals surface area contributed by atoms with Crippen molar-refractivity contribution >= 4 is 15.8 Å². The van der Waals surface area contributed by atoms with Gasteiger partial charge in [0.1, 0.15) is 0 Å². The summed E-state index contributed by atoms with van der Waals surface area (Å²) >= 11 is 0. The fourth-order valence-corrected chi connectivity index (χ4v) is 5.71. The maximum atomic E-state index is 13.7. The number of pyridine rings is 1. The summed E-state index contributed by atoms with van der Waals surface area (Å²) in [6, 6.07) is 2.86. The number of sulfonamides is 1. The van der Waals surface area contributed by atoms with E-state index < -0.39 is 15.6 Å². The highest BCUT2D eigenvalue weighted by Crippen LogP contribution is 2.39. The van der Waals surface area contributed by atoms with Crippen LogP contribution in [0.25, 0.3) is 0 Å². The van der Waals surface area contributed by atoms with Crippen molar-refractivity contribution < 1.29 is 17.5 Å². The SMILES string of the molecule is O=S(=O)(C1CC1)N1CCCC2(CC(Nc3ncccc3F)CO2)C1. The molecule has 2 saturated heterocycles. The van der Waals surface area contributed by atoms with Crippen LogP contribution in [0.15, 0.2) is 18.3 Å². The second kappa shape index (κ2) is 5.93. The van der Waals surface area contributed by atoms with Crippen LogP contribution in [-0.2, 0) is 14.8 Å². The van der Waals surface area contributed by atoms with Gasteiger partial charge in [0.25, 0.3) is 0 Å². The van der Waals surface area contributed by atoms with Crippen LogP contribution in [0.2, 0.25) is 0 Å². The Hall–Kier alpha value is -1.25. The fraction of sp³-hybridized carbons (Fsp3) is 0.688. The van der Waals surface area contributed by atoms with Crippen LogP contribution in [0, 0.1) is 5.82 Å². The molecule has 2 atom stereocenters. The van der Waals surface area contributed by atoms with E-state index in [-0.39, 0.29) is 22.9 Å². The van der Waals surface area contributed by atoms with Crippen molar-refractivity contribution in [3.05, 3.63) is 24.1 Å². The van der Waals surface area contributed by atoms with E-state index >= 15 is 0 Å². The summed E-state index contributed by atoms with van der Waals surface area (Å²) in [5, 5.41) is 2.90. The van der Waals surface area contributed by atoms with E-state index in [1.807, 2.05) is 0 Å². The maximum absolute atomic E-state index is 13.7. The predicted molar refractivity (Wildman–Crippen MR) is 87.7 cm³/mol. The molecule has 1 aromatic rings. The smallest absolute Gasteiger partial charge is 0.217 e. The lowest BCUT2D eigenvalue weighted by Crippen LogP contribution is -2.51. The highest BCUT2D eigenvalue weighted by molar-refractivity contribution is 7.90. The second-order valence-corrected chi connectivity index (χ2v) is 9.27. The minimum Gasteiger partial charge on any atom is -0.371 e. The molecule has 1 N–H and O–H groups in total. The first-order chi connectivity index (χ1) is 11.5. The molecular formula is C16H22FN3O3S. The zero-order valence-corrected chi connectivity index (χ0v) is 14.3. The van der Waals surface area contributed by atoms with Crippen LogP contribution >= 0.6 is 0 Å². The molecule has 1 saturated carbocycles. The van der Waals surface area contributed by atoms with Gasteiger partial charge in [-0.3, -0.25) is 0 Å². The van der Waals surface area contributed by atoms with E-state index in [0.29, 0.717) is 26.1 Å². The molecule has 6 nitrogen and oxygen atoms in total.